The van der Waals surface area contributed by atoms with Crippen LogP contribution in [0.4, 0.5) is 0 Å². The van der Waals surface area contributed by atoms with Gasteiger partial charge in [0, 0.05) is 10.6 Å². The first-order valence-corrected chi connectivity index (χ1v) is 6.03. The first-order valence-electron chi connectivity index (χ1n) is 5.65. The molecule has 82 valence electrons. The molecule has 0 radical (unpaired) electrons. The predicted molar refractivity (Wildman–Crippen MR) is 70.9 cm³/mol. The van der Waals surface area contributed by atoms with Gasteiger partial charge in [0.25, 0.3) is 0 Å². The lowest BCUT2D eigenvalue weighted by Crippen LogP contribution is -1.85. The van der Waals surface area contributed by atoms with Gasteiger partial charge in [-0.05, 0) is 23.6 Å². The average Bonchev–Trinajstić information content (AvgIpc) is 2.30. The normalized spacial score (nSPS) is 10.4. The highest BCUT2D eigenvalue weighted by atomic mass is 35.5. The molecule has 0 bridgehead atoms. The van der Waals surface area contributed by atoms with Gasteiger partial charge in [0.05, 0.1) is 0 Å². The molecule has 16 heavy (non-hydrogen) atoms. The van der Waals surface area contributed by atoms with Gasteiger partial charge in [0.1, 0.15) is 0 Å². The highest BCUT2D eigenvalue weighted by molar-refractivity contribution is 6.33. The summed E-state index contributed by atoms with van der Waals surface area (Å²) in [6, 6.07) is 16.6. The molecule has 0 N–H and O–H groups in total. The molecular weight excluding hydrogens is 216 g/mol. The van der Waals surface area contributed by atoms with Gasteiger partial charge in [-0.1, -0.05) is 67.4 Å². The van der Waals surface area contributed by atoms with E-state index in [1.54, 1.807) is 0 Å². The summed E-state index contributed by atoms with van der Waals surface area (Å²) in [5, 5.41) is 0.816. The fourth-order valence-electron chi connectivity index (χ4n) is 1.88. The number of hydrogen-bond donors (Lipinski definition) is 0. The molecule has 2 aromatic carbocycles. The minimum atomic E-state index is 0.816. The Bertz CT molecular complexity index is 474. The van der Waals surface area contributed by atoms with Gasteiger partial charge < -0.3 is 0 Å². The standard InChI is InChI=1S/C15H15Cl/c1-2-6-12-7-5-8-13(11-12)14-9-3-4-10-15(14)16/h3-5,7-11H,2,6H2,1H3. The van der Waals surface area contributed by atoms with E-state index in [-0.39, 0.29) is 0 Å². The molecule has 0 amide bonds. The molecular formula is C15H15Cl. The molecule has 0 spiro atoms. The van der Waals surface area contributed by atoms with Crippen LogP contribution in [0.1, 0.15) is 18.9 Å². The summed E-state index contributed by atoms with van der Waals surface area (Å²) < 4.78 is 0. The van der Waals surface area contributed by atoms with Crippen molar-refractivity contribution in [3.63, 3.8) is 0 Å². The highest BCUT2D eigenvalue weighted by Crippen LogP contribution is 2.28. The van der Waals surface area contributed by atoms with Crippen molar-refractivity contribution >= 4 is 11.6 Å². The number of benzene rings is 2. The molecule has 0 aliphatic rings. The summed E-state index contributed by atoms with van der Waals surface area (Å²) >= 11 is 6.19. The Labute approximate surface area is 102 Å². The van der Waals surface area contributed by atoms with Crippen LogP contribution in [-0.4, -0.2) is 0 Å². The van der Waals surface area contributed by atoms with Gasteiger partial charge in [-0.2, -0.15) is 0 Å². The van der Waals surface area contributed by atoms with Crippen molar-refractivity contribution in [2.45, 2.75) is 19.8 Å². The van der Waals surface area contributed by atoms with Crippen molar-refractivity contribution in [2.75, 3.05) is 0 Å². The van der Waals surface area contributed by atoms with Crippen LogP contribution in [-0.2, 0) is 6.42 Å². The Hall–Kier alpha value is -1.27. The molecule has 0 fully saturated rings. The maximum absolute atomic E-state index is 6.19. The minimum Gasteiger partial charge on any atom is -0.0837 e. The number of halogens is 1. The van der Waals surface area contributed by atoms with Gasteiger partial charge in [-0.15, -0.1) is 0 Å². The Kier molecular flexibility index (Phi) is 3.63. The van der Waals surface area contributed by atoms with Crippen LogP contribution < -0.4 is 0 Å². The van der Waals surface area contributed by atoms with Crippen molar-refractivity contribution < 1.29 is 0 Å². The van der Waals surface area contributed by atoms with E-state index >= 15 is 0 Å². The zero-order valence-electron chi connectivity index (χ0n) is 9.41. The second-order valence-electron chi connectivity index (χ2n) is 3.93. The Morgan fingerprint density at radius 3 is 2.56 bits per heavy atom. The van der Waals surface area contributed by atoms with Gasteiger partial charge in [-0.3, -0.25) is 0 Å². The molecule has 0 heterocycles. The largest absolute Gasteiger partial charge is 0.0837 e. The summed E-state index contributed by atoms with van der Waals surface area (Å²) in [5.41, 5.74) is 3.69. The van der Waals surface area contributed by atoms with Gasteiger partial charge in [-0.25, -0.2) is 0 Å². The van der Waals surface area contributed by atoms with E-state index in [2.05, 4.69) is 37.3 Å². The molecule has 2 aromatic rings. The highest BCUT2D eigenvalue weighted by Gasteiger charge is 2.02. The van der Waals surface area contributed by atoms with Crippen LogP contribution in [0.2, 0.25) is 5.02 Å². The van der Waals surface area contributed by atoms with Crippen molar-refractivity contribution in [3.05, 3.63) is 59.1 Å². The summed E-state index contributed by atoms with van der Waals surface area (Å²) in [6.45, 7) is 2.20. The molecule has 0 aliphatic carbocycles. The monoisotopic (exact) mass is 230 g/mol. The maximum Gasteiger partial charge on any atom is 0.0484 e. The lowest BCUT2D eigenvalue weighted by molar-refractivity contribution is 0.922. The maximum atomic E-state index is 6.19. The third kappa shape index (κ3) is 2.45. The lowest BCUT2D eigenvalue weighted by atomic mass is 10.0. The van der Waals surface area contributed by atoms with Crippen LogP contribution in [0.5, 0.6) is 0 Å². The molecule has 0 atom stereocenters. The van der Waals surface area contributed by atoms with Crippen molar-refractivity contribution in [1.82, 2.24) is 0 Å². The van der Waals surface area contributed by atoms with E-state index in [1.807, 2.05) is 18.2 Å². The fraction of sp³-hybridized carbons (Fsp3) is 0.200. The van der Waals surface area contributed by atoms with Gasteiger partial charge in [0.15, 0.2) is 0 Å². The predicted octanol–water partition coefficient (Wildman–Crippen LogP) is 4.96. The van der Waals surface area contributed by atoms with Crippen molar-refractivity contribution in [1.29, 1.82) is 0 Å². The van der Waals surface area contributed by atoms with E-state index in [0.29, 0.717) is 0 Å². The van der Waals surface area contributed by atoms with E-state index in [9.17, 15) is 0 Å². The van der Waals surface area contributed by atoms with Crippen molar-refractivity contribution in [3.8, 4) is 11.1 Å². The number of rotatable bonds is 3. The van der Waals surface area contributed by atoms with E-state index < -0.39 is 0 Å². The molecule has 0 saturated heterocycles. The zero-order valence-corrected chi connectivity index (χ0v) is 10.2. The van der Waals surface area contributed by atoms with E-state index in [1.165, 1.54) is 17.5 Å². The summed E-state index contributed by atoms with van der Waals surface area (Å²) in [7, 11) is 0. The van der Waals surface area contributed by atoms with E-state index in [0.717, 1.165) is 17.0 Å². The third-order valence-corrected chi connectivity index (χ3v) is 2.98. The second-order valence-corrected chi connectivity index (χ2v) is 4.34. The van der Waals surface area contributed by atoms with Gasteiger partial charge >= 0.3 is 0 Å². The number of aryl methyl sites for hydroxylation is 1. The average molecular weight is 231 g/mol. The Morgan fingerprint density at radius 1 is 1.00 bits per heavy atom. The zero-order chi connectivity index (χ0) is 11.4. The third-order valence-electron chi connectivity index (χ3n) is 2.65. The SMILES string of the molecule is CCCc1cccc(-c2ccccc2Cl)c1. The van der Waals surface area contributed by atoms with Gasteiger partial charge in [0.2, 0.25) is 0 Å². The molecule has 0 saturated carbocycles. The Morgan fingerprint density at radius 2 is 1.81 bits per heavy atom. The van der Waals surface area contributed by atoms with Crippen LogP contribution in [0.3, 0.4) is 0 Å². The van der Waals surface area contributed by atoms with Crippen LogP contribution in [0.15, 0.2) is 48.5 Å². The topological polar surface area (TPSA) is 0 Å². The summed E-state index contributed by atoms with van der Waals surface area (Å²) in [4.78, 5) is 0. The minimum absolute atomic E-state index is 0.816. The molecule has 2 rings (SSSR count). The quantitative estimate of drug-likeness (QED) is 0.699. The number of hydrogen-bond acceptors (Lipinski definition) is 0. The fourth-order valence-corrected chi connectivity index (χ4v) is 2.12. The van der Waals surface area contributed by atoms with Crippen LogP contribution in [0, 0.1) is 0 Å². The molecule has 0 unspecified atom stereocenters. The first kappa shape index (κ1) is 11.2. The van der Waals surface area contributed by atoms with E-state index in [4.69, 9.17) is 11.6 Å². The summed E-state index contributed by atoms with van der Waals surface area (Å²) in [5.74, 6) is 0. The Balaban J connectivity index is 2.40. The molecule has 0 nitrogen and oxygen atoms in total. The van der Waals surface area contributed by atoms with Crippen molar-refractivity contribution in [2.24, 2.45) is 0 Å². The smallest absolute Gasteiger partial charge is 0.0484 e. The second kappa shape index (κ2) is 5.18. The summed E-state index contributed by atoms with van der Waals surface area (Å²) in [6.07, 6.45) is 2.30. The first-order chi connectivity index (χ1) is 7.81. The van der Waals surface area contributed by atoms with Crippen LogP contribution >= 0.6 is 11.6 Å². The molecule has 1 heteroatoms. The lowest BCUT2D eigenvalue weighted by Gasteiger charge is -2.06. The molecule has 0 aliphatic heterocycles. The molecule has 0 aromatic heterocycles. The van der Waals surface area contributed by atoms with Crippen LogP contribution in [0.25, 0.3) is 11.1 Å².